The minimum atomic E-state index is -1.06. The van der Waals surface area contributed by atoms with Crippen LogP contribution in [0.15, 0.2) is 41.2 Å². The SMILES string of the molecule is COc1ccc(-c2c(C(C=O)OC(C)C)n(C)c(=O)c3ccc(Cl)cc23)c(F)c1. The van der Waals surface area contributed by atoms with E-state index in [1.54, 1.807) is 44.2 Å². The fourth-order valence-corrected chi connectivity index (χ4v) is 3.57. The molecule has 2 aromatic carbocycles. The Bertz CT molecular complexity index is 1140. The predicted octanol–water partition coefficient (Wildman–Crippen LogP) is 4.67. The molecule has 29 heavy (non-hydrogen) atoms. The predicted molar refractivity (Wildman–Crippen MR) is 111 cm³/mol. The van der Waals surface area contributed by atoms with E-state index in [1.807, 2.05) is 0 Å². The smallest absolute Gasteiger partial charge is 0.258 e. The fraction of sp³-hybridized carbons (Fsp3) is 0.273. The summed E-state index contributed by atoms with van der Waals surface area (Å²) < 4.78 is 27.2. The number of hydrogen-bond acceptors (Lipinski definition) is 4. The van der Waals surface area contributed by atoms with Crippen molar-refractivity contribution in [2.45, 2.75) is 26.1 Å². The van der Waals surface area contributed by atoms with Gasteiger partial charge in [0.2, 0.25) is 0 Å². The zero-order chi connectivity index (χ0) is 21.3. The van der Waals surface area contributed by atoms with Gasteiger partial charge in [0.15, 0.2) is 12.4 Å². The lowest BCUT2D eigenvalue weighted by molar-refractivity contribution is -0.121. The minimum Gasteiger partial charge on any atom is -0.497 e. The molecule has 0 aliphatic heterocycles. The highest BCUT2D eigenvalue weighted by Gasteiger charge is 2.26. The summed E-state index contributed by atoms with van der Waals surface area (Å²) >= 11 is 6.18. The molecule has 0 spiro atoms. The highest BCUT2D eigenvalue weighted by Crippen LogP contribution is 2.38. The summed E-state index contributed by atoms with van der Waals surface area (Å²) in [5.41, 5.74) is 0.520. The summed E-state index contributed by atoms with van der Waals surface area (Å²) in [4.78, 5) is 24.9. The Morgan fingerprint density at radius 2 is 1.86 bits per heavy atom. The van der Waals surface area contributed by atoms with E-state index >= 15 is 4.39 Å². The van der Waals surface area contributed by atoms with Crippen molar-refractivity contribution in [3.05, 3.63) is 63.3 Å². The number of halogens is 2. The van der Waals surface area contributed by atoms with Gasteiger partial charge in [-0.1, -0.05) is 11.6 Å². The molecule has 0 fully saturated rings. The number of methoxy groups -OCH3 is 1. The van der Waals surface area contributed by atoms with Gasteiger partial charge in [0.1, 0.15) is 11.6 Å². The average molecular weight is 418 g/mol. The molecule has 1 unspecified atom stereocenters. The Hall–Kier alpha value is -2.70. The molecule has 1 aromatic heterocycles. The van der Waals surface area contributed by atoms with Crippen LogP contribution in [-0.4, -0.2) is 24.1 Å². The lowest BCUT2D eigenvalue weighted by Gasteiger charge is -2.23. The summed E-state index contributed by atoms with van der Waals surface area (Å²) in [6.07, 6.45) is -0.743. The Balaban J connectivity index is 2.49. The molecule has 152 valence electrons. The molecule has 5 nitrogen and oxygen atoms in total. The van der Waals surface area contributed by atoms with Crippen molar-refractivity contribution in [1.82, 2.24) is 4.57 Å². The van der Waals surface area contributed by atoms with Crippen molar-refractivity contribution in [1.29, 1.82) is 0 Å². The molecule has 0 aliphatic carbocycles. The number of fused-ring (bicyclic) bond motifs is 1. The van der Waals surface area contributed by atoms with Gasteiger partial charge in [0, 0.05) is 34.6 Å². The number of carbonyl (C=O) groups excluding carboxylic acids is 1. The van der Waals surface area contributed by atoms with Crippen LogP contribution in [0.25, 0.3) is 21.9 Å². The van der Waals surface area contributed by atoms with E-state index in [1.165, 1.54) is 24.8 Å². The second-order valence-electron chi connectivity index (χ2n) is 6.90. The molecule has 0 amide bonds. The fourth-order valence-electron chi connectivity index (χ4n) is 3.40. The first-order valence-electron chi connectivity index (χ1n) is 9.05. The summed E-state index contributed by atoms with van der Waals surface area (Å²) in [5, 5.41) is 1.19. The van der Waals surface area contributed by atoms with E-state index in [0.29, 0.717) is 33.4 Å². The van der Waals surface area contributed by atoms with Crippen molar-refractivity contribution in [3.63, 3.8) is 0 Å². The molecule has 0 radical (unpaired) electrons. The number of rotatable bonds is 6. The van der Waals surface area contributed by atoms with Gasteiger partial charge < -0.3 is 18.8 Å². The van der Waals surface area contributed by atoms with Crippen LogP contribution < -0.4 is 10.3 Å². The van der Waals surface area contributed by atoms with E-state index in [0.717, 1.165) is 0 Å². The van der Waals surface area contributed by atoms with Crippen LogP contribution >= 0.6 is 11.6 Å². The topological polar surface area (TPSA) is 57.5 Å². The Morgan fingerprint density at radius 1 is 1.14 bits per heavy atom. The monoisotopic (exact) mass is 417 g/mol. The zero-order valence-corrected chi connectivity index (χ0v) is 17.3. The quantitative estimate of drug-likeness (QED) is 0.547. The number of pyridine rings is 1. The van der Waals surface area contributed by atoms with Crippen molar-refractivity contribution in [2.24, 2.45) is 7.05 Å². The molecular formula is C22H21ClFNO4. The summed E-state index contributed by atoms with van der Waals surface area (Å²) in [6.45, 7) is 3.56. The third-order valence-corrected chi connectivity index (χ3v) is 4.90. The molecule has 0 aliphatic rings. The number of aromatic nitrogens is 1. The van der Waals surface area contributed by atoms with Crippen LogP contribution in [0.4, 0.5) is 4.39 Å². The maximum absolute atomic E-state index is 15.1. The van der Waals surface area contributed by atoms with E-state index in [9.17, 15) is 9.59 Å². The van der Waals surface area contributed by atoms with E-state index in [4.69, 9.17) is 21.1 Å². The number of hydrogen-bond donors (Lipinski definition) is 0. The molecule has 1 heterocycles. The third-order valence-electron chi connectivity index (χ3n) is 4.66. The number of aldehydes is 1. The Labute approximate surface area is 172 Å². The lowest BCUT2D eigenvalue weighted by atomic mass is 9.94. The largest absolute Gasteiger partial charge is 0.497 e. The highest BCUT2D eigenvalue weighted by molar-refractivity contribution is 6.31. The van der Waals surface area contributed by atoms with E-state index in [-0.39, 0.29) is 22.9 Å². The Kier molecular flexibility index (Phi) is 6.05. The average Bonchev–Trinajstić information content (AvgIpc) is 2.69. The molecule has 3 aromatic rings. The maximum Gasteiger partial charge on any atom is 0.258 e. The van der Waals surface area contributed by atoms with Crippen LogP contribution in [0.5, 0.6) is 5.75 Å². The minimum absolute atomic E-state index is 0.211. The van der Waals surface area contributed by atoms with E-state index < -0.39 is 11.9 Å². The van der Waals surface area contributed by atoms with Crippen LogP contribution in [0.3, 0.4) is 0 Å². The van der Waals surface area contributed by atoms with Gasteiger partial charge in [0.25, 0.3) is 5.56 Å². The molecule has 0 N–H and O–H groups in total. The van der Waals surface area contributed by atoms with Gasteiger partial charge in [-0.25, -0.2) is 4.39 Å². The normalized spacial score (nSPS) is 12.4. The Morgan fingerprint density at radius 3 is 2.45 bits per heavy atom. The van der Waals surface area contributed by atoms with Crippen molar-refractivity contribution in [2.75, 3.05) is 7.11 Å². The second kappa shape index (κ2) is 8.35. The van der Waals surface area contributed by atoms with Crippen molar-refractivity contribution in [3.8, 4) is 16.9 Å². The first-order valence-corrected chi connectivity index (χ1v) is 9.43. The molecule has 7 heteroatoms. The second-order valence-corrected chi connectivity index (χ2v) is 7.34. The molecular weight excluding hydrogens is 397 g/mol. The van der Waals surface area contributed by atoms with Gasteiger partial charge >= 0.3 is 0 Å². The van der Waals surface area contributed by atoms with Gasteiger partial charge in [-0.05, 0) is 49.6 Å². The third kappa shape index (κ3) is 3.91. The molecule has 0 bridgehead atoms. The van der Waals surface area contributed by atoms with Crippen LogP contribution in [-0.2, 0) is 16.6 Å². The lowest BCUT2D eigenvalue weighted by Crippen LogP contribution is -2.26. The van der Waals surface area contributed by atoms with E-state index in [2.05, 4.69) is 0 Å². The summed E-state index contributed by atoms with van der Waals surface area (Å²) in [5.74, 6) is -0.204. The van der Waals surface area contributed by atoms with Crippen LogP contribution in [0, 0.1) is 5.82 Å². The van der Waals surface area contributed by atoms with Crippen LogP contribution in [0.2, 0.25) is 5.02 Å². The zero-order valence-electron chi connectivity index (χ0n) is 16.5. The first-order chi connectivity index (χ1) is 13.8. The molecule has 1 atom stereocenters. The molecule has 3 rings (SSSR count). The van der Waals surface area contributed by atoms with Gasteiger partial charge in [-0.15, -0.1) is 0 Å². The highest BCUT2D eigenvalue weighted by atomic mass is 35.5. The number of nitrogens with zero attached hydrogens (tertiary/aromatic N) is 1. The number of carbonyl (C=O) groups is 1. The van der Waals surface area contributed by atoms with Crippen molar-refractivity contribution >= 4 is 28.7 Å². The van der Waals surface area contributed by atoms with Crippen LogP contribution in [0.1, 0.15) is 25.6 Å². The van der Waals surface area contributed by atoms with Gasteiger partial charge in [-0.2, -0.15) is 0 Å². The first kappa shape index (κ1) is 21.0. The van der Waals surface area contributed by atoms with Gasteiger partial charge in [0.05, 0.1) is 18.9 Å². The molecule has 0 saturated carbocycles. The molecule has 0 saturated heterocycles. The summed E-state index contributed by atoms with van der Waals surface area (Å²) in [6, 6.07) is 9.20. The number of benzene rings is 2. The maximum atomic E-state index is 15.1. The number of ether oxygens (including phenoxy) is 2. The standard InChI is InChI=1S/C22H21ClFNO4/c1-12(2)29-19(11-26)21-20(16-8-6-14(28-4)10-18(16)24)17-9-13(23)5-7-15(17)22(27)25(21)3/h5-12,19H,1-4H3. The van der Waals surface area contributed by atoms with Crippen molar-refractivity contribution < 1.29 is 18.7 Å². The summed E-state index contributed by atoms with van der Waals surface area (Å²) in [7, 11) is 2.98. The van der Waals surface area contributed by atoms with Gasteiger partial charge in [-0.3, -0.25) is 4.79 Å².